The summed E-state index contributed by atoms with van der Waals surface area (Å²) in [7, 11) is -2.96. The molecule has 6 nitrogen and oxygen atoms in total. The third-order valence-corrected chi connectivity index (χ3v) is 4.04. The monoisotopic (exact) mass is 306 g/mol. The Labute approximate surface area is 121 Å². The van der Waals surface area contributed by atoms with Crippen LogP contribution in [-0.2, 0) is 14.6 Å². The lowest BCUT2D eigenvalue weighted by Crippen LogP contribution is -2.55. The first-order valence-corrected chi connectivity index (χ1v) is 8.94. The molecule has 0 saturated heterocycles. The van der Waals surface area contributed by atoms with Gasteiger partial charge in [-0.3, -0.25) is 0 Å². The summed E-state index contributed by atoms with van der Waals surface area (Å²) >= 11 is 0. The van der Waals surface area contributed by atoms with Gasteiger partial charge >= 0.3 is 6.09 Å². The Bertz CT molecular complexity index is 436. The largest absolute Gasteiger partial charge is 0.444 e. The van der Waals surface area contributed by atoms with Crippen LogP contribution >= 0.6 is 0 Å². The van der Waals surface area contributed by atoms with E-state index in [0.29, 0.717) is 0 Å². The Kier molecular flexibility index (Phi) is 5.43. The zero-order valence-corrected chi connectivity index (χ0v) is 13.7. The van der Waals surface area contributed by atoms with Crippen LogP contribution in [0, 0.1) is 0 Å². The normalized spacial score (nSPS) is 24.6. The highest BCUT2D eigenvalue weighted by atomic mass is 32.2. The van der Waals surface area contributed by atoms with Gasteiger partial charge in [0.2, 0.25) is 0 Å². The molecule has 2 N–H and O–H groups in total. The minimum atomic E-state index is -2.96. The number of alkyl carbamates (subject to hydrolysis) is 1. The second-order valence-electron chi connectivity index (χ2n) is 6.67. The quantitative estimate of drug-likeness (QED) is 0.793. The lowest BCUT2D eigenvalue weighted by Gasteiger charge is -2.38. The average molecular weight is 306 g/mol. The second-order valence-corrected chi connectivity index (χ2v) is 8.86. The van der Waals surface area contributed by atoms with Gasteiger partial charge in [0.1, 0.15) is 15.4 Å². The van der Waals surface area contributed by atoms with Crippen molar-refractivity contribution in [3.05, 3.63) is 0 Å². The first kappa shape index (κ1) is 17.2. The van der Waals surface area contributed by atoms with Crippen molar-refractivity contribution < 1.29 is 17.9 Å². The molecule has 0 aromatic heterocycles. The maximum Gasteiger partial charge on any atom is 0.407 e. The molecule has 0 aromatic rings. The Morgan fingerprint density at radius 2 is 1.85 bits per heavy atom. The van der Waals surface area contributed by atoms with Crippen molar-refractivity contribution in [2.24, 2.45) is 0 Å². The van der Waals surface area contributed by atoms with Crippen molar-refractivity contribution in [1.29, 1.82) is 0 Å². The molecular formula is C13H26N2O4S. The smallest absolute Gasteiger partial charge is 0.407 e. The fourth-order valence-corrected chi connectivity index (χ4v) is 3.26. The van der Waals surface area contributed by atoms with Crippen molar-refractivity contribution >= 4 is 15.9 Å². The molecule has 118 valence electrons. The molecule has 1 aliphatic carbocycles. The highest BCUT2D eigenvalue weighted by Gasteiger charge is 2.32. The molecule has 7 heteroatoms. The lowest BCUT2D eigenvalue weighted by molar-refractivity contribution is 0.0464. The van der Waals surface area contributed by atoms with E-state index in [0.717, 1.165) is 12.8 Å². The van der Waals surface area contributed by atoms with E-state index in [2.05, 4.69) is 10.6 Å². The van der Waals surface area contributed by atoms with Gasteiger partial charge in [0.25, 0.3) is 0 Å². The van der Waals surface area contributed by atoms with Crippen molar-refractivity contribution in [2.75, 3.05) is 12.0 Å². The average Bonchev–Trinajstić information content (AvgIpc) is 2.07. The van der Waals surface area contributed by atoms with Gasteiger partial charge in [0, 0.05) is 24.4 Å². The number of carbonyl (C=O) groups is 1. The molecule has 0 heterocycles. The van der Waals surface area contributed by atoms with E-state index in [1.54, 1.807) is 0 Å². The van der Waals surface area contributed by atoms with Crippen LogP contribution in [-0.4, -0.2) is 50.2 Å². The van der Waals surface area contributed by atoms with Gasteiger partial charge in [0.05, 0.1) is 5.75 Å². The summed E-state index contributed by atoms with van der Waals surface area (Å²) in [5.41, 5.74) is -0.491. The molecule has 0 aliphatic heterocycles. The molecule has 20 heavy (non-hydrogen) atoms. The third-order valence-electron chi connectivity index (χ3n) is 2.93. The van der Waals surface area contributed by atoms with Crippen LogP contribution in [0.4, 0.5) is 4.79 Å². The Morgan fingerprint density at radius 3 is 2.30 bits per heavy atom. The maximum atomic E-state index is 11.5. The summed E-state index contributed by atoms with van der Waals surface area (Å²) in [6.07, 6.45) is 2.43. The van der Waals surface area contributed by atoms with Gasteiger partial charge in [0.15, 0.2) is 0 Å². The predicted octanol–water partition coefficient (Wildman–Crippen LogP) is 1.06. The molecular weight excluding hydrogens is 280 g/mol. The second kappa shape index (κ2) is 6.30. The first-order chi connectivity index (χ1) is 8.94. The number of hydrogen-bond donors (Lipinski definition) is 2. The minimum absolute atomic E-state index is 0.0718. The van der Waals surface area contributed by atoms with Crippen LogP contribution in [0.2, 0.25) is 0 Å². The topological polar surface area (TPSA) is 84.5 Å². The maximum absolute atomic E-state index is 11.5. The zero-order chi connectivity index (χ0) is 15.6. The van der Waals surface area contributed by atoms with E-state index in [1.165, 1.54) is 6.26 Å². The SMILES string of the molecule is CC(CS(C)(=O)=O)NC1CC(NC(=O)OC(C)(C)C)C1. The van der Waals surface area contributed by atoms with Gasteiger partial charge in [-0.1, -0.05) is 0 Å². The molecule has 1 saturated carbocycles. The minimum Gasteiger partial charge on any atom is -0.444 e. The molecule has 1 aliphatic rings. The summed E-state index contributed by atoms with van der Waals surface area (Å²) in [4.78, 5) is 11.5. The predicted molar refractivity (Wildman–Crippen MR) is 78.5 cm³/mol. The number of nitrogens with one attached hydrogen (secondary N) is 2. The van der Waals surface area contributed by atoms with Crippen LogP contribution < -0.4 is 10.6 Å². The van der Waals surface area contributed by atoms with Crippen molar-refractivity contribution in [3.63, 3.8) is 0 Å². The van der Waals surface area contributed by atoms with E-state index in [9.17, 15) is 13.2 Å². The molecule has 1 amide bonds. The van der Waals surface area contributed by atoms with E-state index in [-0.39, 0.29) is 23.9 Å². The van der Waals surface area contributed by atoms with Gasteiger partial charge in [-0.05, 0) is 40.5 Å². The highest BCUT2D eigenvalue weighted by Crippen LogP contribution is 2.21. The number of carbonyl (C=O) groups excluding carboxylic acids is 1. The number of sulfone groups is 1. The molecule has 0 bridgehead atoms. The van der Waals surface area contributed by atoms with Crippen LogP contribution in [0.5, 0.6) is 0 Å². The molecule has 1 rings (SSSR count). The fourth-order valence-electron chi connectivity index (χ4n) is 2.25. The highest BCUT2D eigenvalue weighted by molar-refractivity contribution is 7.90. The fraction of sp³-hybridized carbons (Fsp3) is 0.923. The van der Waals surface area contributed by atoms with Crippen LogP contribution in [0.3, 0.4) is 0 Å². The Balaban J connectivity index is 2.21. The van der Waals surface area contributed by atoms with Crippen molar-refractivity contribution in [1.82, 2.24) is 10.6 Å². The molecule has 1 fully saturated rings. The summed E-state index contributed by atoms with van der Waals surface area (Å²) in [5.74, 6) is 0.133. The van der Waals surface area contributed by atoms with E-state index in [4.69, 9.17) is 4.74 Å². The standard InChI is InChI=1S/C13H26N2O4S/c1-9(8-20(5,17)18)14-10-6-11(7-10)15-12(16)19-13(2,3)4/h9-11,14H,6-8H2,1-5H3,(H,15,16). The van der Waals surface area contributed by atoms with Gasteiger partial charge in [-0.2, -0.15) is 0 Å². The summed E-state index contributed by atoms with van der Waals surface area (Å²) in [6.45, 7) is 7.33. The molecule has 0 spiro atoms. The van der Waals surface area contributed by atoms with Crippen LogP contribution in [0.1, 0.15) is 40.5 Å². The molecule has 0 aromatic carbocycles. The van der Waals surface area contributed by atoms with Crippen LogP contribution in [0.15, 0.2) is 0 Å². The van der Waals surface area contributed by atoms with Crippen molar-refractivity contribution in [2.45, 2.75) is 64.3 Å². The summed E-state index contributed by atoms with van der Waals surface area (Å²) in [5, 5.41) is 6.06. The Hall–Kier alpha value is -0.820. The lowest BCUT2D eigenvalue weighted by atomic mass is 9.86. The molecule has 1 unspecified atom stereocenters. The van der Waals surface area contributed by atoms with Gasteiger partial charge in [-0.15, -0.1) is 0 Å². The molecule has 0 radical (unpaired) electrons. The first-order valence-electron chi connectivity index (χ1n) is 6.88. The molecule has 1 atom stereocenters. The van der Waals surface area contributed by atoms with Crippen molar-refractivity contribution in [3.8, 4) is 0 Å². The Morgan fingerprint density at radius 1 is 1.30 bits per heavy atom. The number of hydrogen-bond acceptors (Lipinski definition) is 5. The van der Waals surface area contributed by atoms with Gasteiger partial charge < -0.3 is 15.4 Å². The summed E-state index contributed by atoms with van der Waals surface area (Å²) in [6, 6.07) is 0.289. The third kappa shape index (κ3) is 7.09. The number of rotatable bonds is 5. The van der Waals surface area contributed by atoms with E-state index >= 15 is 0 Å². The van der Waals surface area contributed by atoms with E-state index in [1.807, 2.05) is 27.7 Å². The summed E-state index contributed by atoms with van der Waals surface area (Å²) < 4.78 is 27.5. The zero-order valence-electron chi connectivity index (χ0n) is 12.9. The number of ether oxygens (including phenoxy) is 1. The van der Waals surface area contributed by atoms with Gasteiger partial charge in [-0.25, -0.2) is 13.2 Å². The number of amides is 1. The van der Waals surface area contributed by atoms with E-state index < -0.39 is 21.5 Å². The van der Waals surface area contributed by atoms with Crippen LogP contribution in [0.25, 0.3) is 0 Å².